The molecule has 0 amide bonds. The minimum absolute atomic E-state index is 0.0251. The minimum Gasteiger partial charge on any atom is -0.394 e. The molecule has 3 nitrogen and oxygen atoms in total. The molecular weight excluding hydrogens is 118 g/mol. The number of rotatable bonds is 1. The molecule has 2 atom stereocenters. The predicted molar refractivity (Wildman–Crippen MR) is 34.0 cm³/mol. The van der Waals surface area contributed by atoms with Crippen molar-refractivity contribution in [2.45, 2.75) is 25.0 Å². The topological polar surface area (TPSA) is 55.5 Å². The molecule has 1 aliphatic heterocycles. The average molecular weight is 131 g/mol. The van der Waals surface area contributed by atoms with Gasteiger partial charge in [-0.3, -0.25) is 0 Å². The molecule has 0 radical (unpaired) electrons. The smallest absolute Gasteiger partial charge is 0.0673 e. The van der Waals surface area contributed by atoms with E-state index in [4.69, 9.17) is 15.6 Å². The van der Waals surface area contributed by atoms with Gasteiger partial charge in [-0.25, -0.2) is 0 Å². The van der Waals surface area contributed by atoms with Gasteiger partial charge in [0.2, 0.25) is 0 Å². The van der Waals surface area contributed by atoms with Crippen molar-refractivity contribution in [3.63, 3.8) is 0 Å². The summed E-state index contributed by atoms with van der Waals surface area (Å²) in [6, 6.07) is 0. The Labute approximate surface area is 54.8 Å². The van der Waals surface area contributed by atoms with Crippen LogP contribution in [0.2, 0.25) is 0 Å². The summed E-state index contributed by atoms with van der Waals surface area (Å²) in [4.78, 5) is 0. The second-order valence-electron chi connectivity index (χ2n) is 2.85. The standard InChI is InChI=1S/C6H13NO2/c1-5-2-6(7,3-8)4-9-5/h5,8H,2-4,7H2,1H3. The highest BCUT2D eigenvalue weighted by Gasteiger charge is 2.33. The molecule has 1 aliphatic rings. The molecular formula is C6H13NO2. The lowest BCUT2D eigenvalue weighted by atomic mass is 9.99. The summed E-state index contributed by atoms with van der Waals surface area (Å²) in [6.45, 7) is 2.48. The Morgan fingerprint density at radius 1 is 1.89 bits per heavy atom. The molecule has 54 valence electrons. The van der Waals surface area contributed by atoms with Gasteiger partial charge in [0.25, 0.3) is 0 Å². The van der Waals surface area contributed by atoms with Crippen molar-refractivity contribution in [2.75, 3.05) is 13.2 Å². The van der Waals surface area contributed by atoms with Gasteiger partial charge in [-0.15, -0.1) is 0 Å². The SMILES string of the molecule is CC1CC(N)(CO)CO1. The van der Waals surface area contributed by atoms with Crippen molar-refractivity contribution >= 4 is 0 Å². The van der Waals surface area contributed by atoms with Crippen LogP contribution in [-0.2, 0) is 4.74 Å². The molecule has 0 bridgehead atoms. The first-order chi connectivity index (χ1) is 4.16. The Morgan fingerprint density at radius 2 is 2.56 bits per heavy atom. The van der Waals surface area contributed by atoms with E-state index in [0.29, 0.717) is 6.61 Å². The first kappa shape index (κ1) is 6.99. The number of aliphatic hydroxyl groups excluding tert-OH is 1. The van der Waals surface area contributed by atoms with Crippen LogP contribution in [0.1, 0.15) is 13.3 Å². The molecule has 0 aliphatic carbocycles. The molecule has 0 spiro atoms. The van der Waals surface area contributed by atoms with Gasteiger partial charge in [-0.05, 0) is 13.3 Å². The Bertz CT molecular complexity index is 107. The van der Waals surface area contributed by atoms with Crippen molar-refractivity contribution in [2.24, 2.45) is 5.73 Å². The molecule has 0 aromatic rings. The largest absolute Gasteiger partial charge is 0.394 e. The lowest BCUT2D eigenvalue weighted by Gasteiger charge is -2.17. The number of ether oxygens (including phenoxy) is 1. The normalized spacial score (nSPS) is 43.7. The van der Waals surface area contributed by atoms with Crippen molar-refractivity contribution < 1.29 is 9.84 Å². The van der Waals surface area contributed by atoms with E-state index in [0.717, 1.165) is 6.42 Å². The molecule has 1 saturated heterocycles. The van der Waals surface area contributed by atoms with E-state index >= 15 is 0 Å². The molecule has 0 saturated carbocycles. The van der Waals surface area contributed by atoms with E-state index in [1.165, 1.54) is 0 Å². The van der Waals surface area contributed by atoms with Crippen LogP contribution < -0.4 is 5.73 Å². The lowest BCUT2D eigenvalue weighted by Crippen LogP contribution is -2.44. The molecule has 0 aromatic heterocycles. The lowest BCUT2D eigenvalue weighted by molar-refractivity contribution is 0.106. The molecule has 1 fully saturated rings. The first-order valence-corrected chi connectivity index (χ1v) is 3.18. The van der Waals surface area contributed by atoms with E-state index in [1.54, 1.807) is 0 Å². The number of aliphatic hydroxyl groups is 1. The van der Waals surface area contributed by atoms with E-state index < -0.39 is 5.54 Å². The quantitative estimate of drug-likeness (QED) is 0.503. The van der Waals surface area contributed by atoms with Gasteiger partial charge >= 0.3 is 0 Å². The highest BCUT2D eigenvalue weighted by atomic mass is 16.5. The third-order valence-corrected chi connectivity index (χ3v) is 1.66. The van der Waals surface area contributed by atoms with Crippen LogP contribution in [0.25, 0.3) is 0 Å². The molecule has 9 heavy (non-hydrogen) atoms. The molecule has 2 unspecified atom stereocenters. The summed E-state index contributed by atoms with van der Waals surface area (Å²) in [7, 11) is 0. The van der Waals surface area contributed by atoms with Crippen LogP contribution in [0.3, 0.4) is 0 Å². The van der Waals surface area contributed by atoms with Gasteiger partial charge in [-0.1, -0.05) is 0 Å². The van der Waals surface area contributed by atoms with Gasteiger partial charge in [0.1, 0.15) is 0 Å². The highest BCUT2D eigenvalue weighted by Crippen LogP contribution is 2.20. The van der Waals surface area contributed by atoms with E-state index in [1.807, 2.05) is 6.92 Å². The predicted octanol–water partition coefficient (Wildman–Crippen LogP) is -0.515. The second kappa shape index (κ2) is 2.25. The third-order valence-electron chi connectivity index (χ3n) is 1.66. The summed E-state index contributed by atoms with van der Waals surface area (Å²) in [5.74, 6) is 0. The Balaban J connectivity index is 2.45. The van der Waals surface area contributed by atoms with Crippen LogP contribution in [-0.4, -0.2) is 30.0 Å². The van der Waals surface area contributed by atoms with Crippen LogP contribution in [0, 0.1) is 0 Å². The summed E-state index contributed by atoms with van der Waals surface area (Å²) in [5, 5.41) is 8.74. The fourth-order valence-corrected chi connectivity index (χ4v) is 1.11. The van der Waals surface area contributed by atoms with Crippen molar-refractivity contribution in [3.05, 3.63) is 0 Å². The summed E-state index contributed by atoms with van der Waals surface area (Å²) in [5.41, 5.74) is 5.21. The van der Waals surface area contributed by atoms with Crippen LogP contribution in [0.5, 0.6) is 0 Å². The fraction of sp³-hybridized carbons (Fsp3) is 1.00. The van der Waals surface area contributed by atoms with E-state index in [2.05, 4.69) is 0 Å². The zero-order valence-corrected chi connectivity index (χ0v) is 5.63. The van der Waals surface area contributed by atoms with E-state index in [9.17, 15) is 0 Å². The monoisotopic (exact) mass is 131 g/mol. The van der Waals surface area contributed by atoms with Crippen molar-refractivity contribution in [1.29, 1.82) is 0 Å². The van der Waals surface area contributed by atoms with Crippen molar-refractivity contribution in [3.8, 4) is 0 Å². The average Bonchev–Trinajstić information content (AvgIpc) is 2.13. The molecule has 3 heteroatoms. The van der Waals surface area contributed by atoms with E-state index in [-0.39, 0.29) is 12.7 Å². The molecule has 0 aromatic carbocycles. The number of nitrogens with two attached hydrogens (primary N) is 1. The Morgan fingerprint density at radius 3 is 2.78 bits per heavy atom. The van der Waals surface area contributed by atoms with Gasteiger partial charge in [0, 0.05) is 0 Å². The Hall–Kier alpha value is -0.120. The van der Waals surface area contributed by atoms with Gasteiger partial charge in [0.15, 0.2) is 0 Å². The Kier molecular flexibility index (Phi) is 1.75. The molecule has 1 heterocycles. The zero-order valence-electron chi connectivity index (χ0n) is 5.63. The highest BCUT2D eigenvalue weighted by molar-refractivity contribution is 4.90. The van der Waals surface area contributed by atoms with Gasteiger partial charge in [-0.2, -0.15) is 0 Å². The third kappa shape index (κ3) is 1.41. The molecule has 1 rings (SSSR count). The fourth-order valence-electron chi connectivity index (χ4n) is 1.11. The maximum absolute atomic E-state index is 8.74. The van der Waals surface area contributed by atoms with Crippen LogP contribution >= 0.6 is 0 Å². The maximum Gasteiger partial charge on any atom is 0.0673 e. The van der Waals surface area contributed by atoms with Crippen molar-refractivity contribution in [1.82, 2.24) is 0 Å². The number of hydrogen-bond donors (Lipinski definition) is 2. The van der Waals surface area contributed by atoms with Crippen LogP contribution in [0.4, 0.5) is 0 Å². The van der Waals surface area contributed by atoms with Crippen LogP contribution in [0.15, 0.2) is 0 Å². The number of hydrogen-bond acceptors (Lipinski definition) is 3. The first-order valence-electron chi connectivity index (χ1n) is 3.18. The summed E-state index contributed by atoms with van der Waals surface area (Å²) in [6.07, 6.45) is 0.978. The summed E-state index contributed by atoms with van der Waals surface area (Å²) >= 11 is 0. The maximum atomic E-state index is 8.74. The zero-order chi connectivity index (χ0) is 6.91. The van der Waals surface area contributed by atoms with Gasteiger partial charge < -0.3 is 15.6 Å². The summed E-state index contributed by atoms with van der Waals surface area (Å²) < 4.78 is 5.17. The minimum atomic E-state index is -0.459. The second-order valence-corrected chi connectivity index (χ2v) is 2.85. The molecule has 3 N–H and O–H groups in total. The van der Waals surface area contributed by atoms with Gasteiger partial charge in [0.05, 0.1) is 24.9 Å².